The molecule has 1 N–H and O–H groups in total. The SMILES string of the molecule is O=C(Nc1ccc(I)cc1)C1CCCN(C(=O)c2cccs2)C1. The second-order valence-electron chi connectivity index (χ2n) is 5.56. The average molecular weight is 440 g/mol. The molecule has 1 aliphatic heterocycles. The van der Waals surface area contributed by atoms with Crippen molar-refractivity contribution in [1.82, 2.24) is 4.90 Å². The fraction of sp³-hybridized carbons (Fsp3) is 0.294. The second-order valence-corrected chi connectivity index (χ2v) is 7.76. The third-order valence-electron chi connectivity index (χ3n) is 3.92. The zero-order valence-electron chi connectivity index (χ0n) is 12.5. The number of piperidine rings is 1. The Hall–Kier alpha value is -1.41. The third kappa shape index (κ3) is 4.11. The number of halogens is 1. The molecule has 0 aliphatic carbocycles. The van der Waals surface area contributed by atoms with E-state index >= 15 is 0 Å². The Morgan fingerprint density at radius 1 is 1.22 bits per heavy atom. The minimum atomic E-state index is -0.146. The summed E-state index contributed by atoms with van der Waals surface area (Å²) in [7, 11) is 0. The van der Waals surface area contributed by atoms with Crippen LogP contribution in [-0.2, 0) is 4.79 Å². The van der Waals surface area contributed by atoms with Gasteiger partial charge in [-0.05, 0) is 71.1 Å². The van der Waals surface area contributed by atoms with Crippen LogP contribution < -0.4 is 5.32 Å². The maximum absolute atomic E-state index is 12.5. The van der Waals surface area contributed by atoms with Crippen LogP contribution >= 0.6 is 33.9 Å². The molecule has 0 spiro atoms. The van der Waals surface area contributed by atoms with E-state index in [1.807, 2.05) is 41.8 Å². The first-order valence-electron chi connectivity index (χ1n) is 7.52. The van der Waals surface area contributed by atoms with E-state index in [1.54, 1.807) is 4.90 Å². The summed E-state index contributed by atoms with van der Waals surface area (Å²) in [5, 5.41) is 4.86. The van der Waals surface area contributed by atoms with Gasteiger partial charge in [0.2, 0.25) is 5.91 Å². The van der Waals surface area contributed by atoms with Crippen molar-refractivity contribution in [2.45, 2.75) is 12.8 Å². The number of likely N-dealkylation sites (tertiary alicyclic amines) is 1. The van der Waals surface area contributed by atoms with E-state index in [-0.39, 0.29) is 17.7 Å². The van der Waals surface area contributed by atoms with Crippen LogP contribution in [0.25, 0.3) is 0 Å². The molecular weight excluding hydrogens is 423 g/mol. The average Bonchev–Trinajstić information content (AvgIpc) is 3.11. The van der Waals surface area contributed by atoms with Gasteiger partial charge in [-0.1, -0.05) is 6.07 Å². The van der Waals surface area contributed by atoms with Crippen molar-refractivity contribution >= 4 is 51.4 Å². The Kier molecular flexibility index (Phi) is 5.32. The van der Waals surface area contributed by atoms with Crippen LogP contribution in [0.4, 0.5) is 5.69 Å². The molecule has 120 valence electrons. The first-order chi connectivity index (χ1) is 11.1. The van der Waals surface area contributed by atoms with Gasteiger partial charge in [0.05, 0.1) is 10.8 Å². The number of anilines is 1. The van der Waals surface area contributed by atoms with E-state index < -0.39 is 0 Å². The topological polar surface area (TPSA) is 49.4 Å². The van der Waals surface area contributed by atoms with Crippen molar-refractivity contribution < 1.29 is 9.59 Å². The number of amides is 2. The first-order valence-corrected chi connectivity index (χ1v) is 9.48. The van der Waals surface area contributed by atoms with E-state index in [0.29, 0.717) is 6.54 Å². The molecule has 1 fully saturated rings. The standard InChI is InChI=1S/C17H17IN2O2S/c18-13-5-7-14(8-6-13)19-16(21)12-3-1-9-20(11-12)17(22)15-4-2-10-23-15/h2,4-8,10,12H,1,3,9,11H2,(H,19,21). The van der Waals surface area contributed by atoms with Gasteiger partial charge in [0.25, 0.3) is 5.91 Å². The molecule has 0 bridgehead atoms. The van der Waals surface area contributed by atoms with E-state index in [4.69, 9.17) is 0 Å². The Labute approximate surface area is 153 Å². The Morgan fingerprint density at radius 2 is 2.00 bits per heavy atom. The molecule has 0 saturated carbocycles. The first kappa shape index (κ1) is 16.4. The Bertz CT molecular complexity index is 685. The number of nitrogens with zero attached hydrogens (tertiary/aromatic N) is 1. The summed E-state index contributed by atoms with van der Waals surface area (Å²) >= 11 is 3.68. The Morgan fingerprint density at radius 3 is 2.70 bits per heavy atom. The summed E-state index contributed by atoms with van der Waals surface area (Å²) in [5.41, 5.74) is 0.803. The lowest BCUT2D eigenvalue weighted by Crippen LogP contribution is -2.43. The highest BCUT2D eigenvalue weighted by Crippen LogP contribution is 2.22. The zero-order valence-corrected chi connectivity index (χ0v) is 15.5. The molecule has 2 amide bonds. The van der Waals surface area contributed by atoms with E-state index in [9.17, 15) is 9.59 Å². The summed E-state index contributed by atoms with van der Waals surface area (Å²) < 4.78 is 1.13. The van der Waals surface area contributed by atoms with Crippen molar-refractivity contribution in [2.75, 3.05) is 18.4 Å². The summed E-state index contributed by atoms with van der Waals surface area (Å²) in [6, 6.07) is 11.4. The van der Waals surface area contributed by atoms with Crippen LogP contribution in [-0.4, -0.2) is 29.8 Å². The Balaban J connectivity index is 1.62. The van der Waals surface area contributed by atoms with Crippen molar-refractivity contribution in [2.24, 2.45) is 5.92 Å². The van der Waals surface area contributed by atoms with Crippen molar-refractivity contribution in [3.63, 3.8) is 0 Å². The fourth-order valence-electron chi connectivity index (χ4n) is 2.71. The number of carbonyl (C=O) groups excluding carboxylic acids is 2. The van der Waals surface area contributed by atoms with E-state index in [0.717, 1.165) is 33.5 Å². The number of nitrogens with one attached hydrogen (secondary N) is 1. The second kappa shape index (κ2) is 7.44. The van der Waals surface area contributed by atoms with Crippen LogP contribution in [0.15, 0.2) is 41.8 Å². The number of benzene rings is 1. The number of thiophene rings is 1. The summed E-state index contributed by atoms with van der Waals surface area (Å²) in [5.74, 6) is -0.117. The lowest BCUT2D eigenvalue weighted by Gasteiger charge is -2.31. The molecule has 1 unspecified atom stereocenters. The molecule has 1 aliphatic rings. The molecule has 2 heterocycles. The minimum Gasteiger partial charge on any atom is -0.337 e. The lowest BCUT2D eigenvalue weighted by atomic mass is 9.97. The number of carbonyl (C=O) groups is 2. The largest absolute Gasteiger partial charge is 0.337 e. The predicted molar refractivity (Wildman–Crippen MR) is 101 cm³/mol. The van der Waals surface area contributed by atoms with Gasteiger partial charge in [0.15, 0.2) is 0 Å². The van der Waals surface area contributed by atoms with Crippen molar-refractivity contribution in [3.05, 3.63) is 50.2 Å². The van der Waals surface area contributed by atoms with Gasteiger partial charge in [0.1, 0.15) is 0 Å². The summed E-state index contributed by atoms with van der Waals surface area (Å²) in [6.07, 6.45) is 1.69. The maximum atomic E-state index is 12.5. The molecule has 1 aromatic heterocycles. The van der Waals surface area contributed by atoms with Gasteiger partial charge in [0, 0.05) is 22.3 Å². The van der Waals surface area contributed by atoms with Crippen molar-refractivity contribution in [1.29, 1.82) is 0 Å². The lowest BCUT2D eigenvalue weighted by molar-refractivity contribution is -0.121. The van der Waals surface area contributed by atoms with E-state index in [2.05, 4.69) is 27.9 Å². The highest BCUT2D eigenvalue weighted by atomic mass is 127. The fourth-order valence-corrected chi connectivity index (χ4v) is 3.76. The van der Waals surface area contributed by atoms with Crippen LogP contribution in [0.3, 0.4) is 0 Å². The van der Waals surface area contributed by atoms with Gasteiger partial charge in [-0.25, -0.2) is 0 Å². The predicted octanol–water partition coefficient (Wildman–Crippen LogP) is 3.84. The third-order valence-corrected chi connectivity index (χ3v) is 5.50. The highest BCUT2D eigenvalue weighted by molar-refractivity contribution is 14.1. The number of hydrogen-bond acceptors (Lipinski definition) is 3. The van der Waals surface area contributed by atoms with Gasteiger partial charge < -0.3 is 10.2 Å². The van der Waals surface area contributed by atoms with Crippen molar-refractivity contribution in [3.8, 4) is 0 Å². The molecular formula is C17H17IN2O2S. The highest BCUT2D eigenvalue weighted by Gasteiger charge is 2.29. The minimum absolute atomic E-state index is 0.00473. The smallest absolute Gasteiger partial charge is 0.263 e. The van der Waals surface area contributed by atoms with Crippen LogP contribution in [0.1, 0.15) is 22.5 Å². The van der Waals surface area contributed by atoms with Gasteiger partial charge in [-0.3, -0.25) is 9.59 Å². The number of hydrogen-bond donors (Lipinski definition) is 1. The molecule has 1 saturated heterocycles. The molecule has 2 aromatic rings. The van der Waals surface area contributed by atoms with E-state index in [1.165, 1.54) is 11.3 Å². The molecule has 23 heavy (non-hydrogen) atoms. The zero-order chi connectivity index (χ0) is 16.2. The monoisotopic (exact) mass is 440 g/mol. The van der Waals surface area contributed by atoms with Crippen LogP contribution in [0.2, 0.25) is 0 Å². The maximum Gasteiger partial charge on any atom is 0.263 e. The summed E-state index contributed by atoms with van der Waals surface area (Å²) in [4.78, 5) is 27.4. The summed E-state index contributed by atoms with van der Waals surface area (Å²) in [6.45, 7) is 1.22. The van der Waals surface area contributed by atoms with Gasteiger partial charge in [-0.15, -0.1) is 11.3 Å². The quantitative estimate of drug-likeness (QED) is 0.738. The van der Waals surface area contributed by atoms with Gasteiger partial charge >= 0.3 is 0 Å². The molecule has 1 aromatic carbocycles. The molecule has 6 heteroatoms. The van der Waals surface area contributed by atoms with Gasteiger partial charge in [-0.2, -0.15) is 0 Å². The van der Waals surface area contributed by atoms with Crippen LogP contribution in [0.5, 0.6) is 0 Å². The number of rotatable bonds is 3. The normalized spacial score (nSPS) is 17.8. The molecule has 1 atom stereocenters. The molecule has 3 rings (SSSR count). The molecule has 0 radical (unpaired) electrons. The van der Waals surface area contributed by atoms with Crippen LogP contribution in [0, 0.1) is 9.49 Å². The molecule has 4 nitrogen and oxygen atoms in total.